The maximum atomic E-state index is 10.4. The van der Waals surface area contributed by atoms with Gasteiger partial charge in [-0.25, -0.2) is 0 Å². The highest BCUT2D eigenvalue weighted by Gasteiger charge is 2.39. The fraction of sp³-hybridized carbons (Fsp3) is 0.294. The predicted molar refractivity (Wildman–Crippen MR) is 76.0 cm³/mol. The molecule has 3 aromatic rings. The Morgan fingerprint density at radius 2 is 1.84 bits per heavy atom. The zero-order valence-electron chi connectivity index (χ0n) is 10.8. The Bertz CT molecular complexity index is 756. The average Bonchev–Trinajstić information content (AvgIpc) is 3.05. The molecule has 1 saturated carbocycles. The molecule has 3 atom stereocenters. The zero-order chi connectivity index (χ0) is 13.0. The quantitative estimate of drug-likeness (QED) is 0.738. The van der Waals surface area contributed by atoms with Crippen LogP contribution in [0.5, 0.6) is 0 Å². The molecular weight excluding hydrogens is 236 g/mol. The van der Waals surface area contributed by atoms with Gasteiger partial charge in [0.05, 0.1) is 6.10 Å². The van der Waals surface area contributed by atoms with E-state index in [-0.39, 0.29) is 6.10 Å². The molecule has 2 heteroatoms. The van der Waals surface area contributed by atoms with Crippen LogP contribution in [0.15, 0.2) is 46.9 Å². The van der Waals surface area contributed by atoms with E-state index in [1.165, 1.54) is 0 Å². The van der Waals surface area contributed by atoms with E-state index in [0.717, 1.165) is 33.9 Å². The summed E-state index contributed by atoms with van der Waals surface area (Å²) < 4.78 is 5.80. The van der Waals surface area contributed by atoms with Gasteiger partial charge >= 0.3 is 0 Å². The van der Waals surface area contributed by atoms with Gasteiger partial charge in [-0.1, -0.05) is 31.2 Å². The minimum Gasteiger partial charge on any atom is -0.456 e. The molecule has 4 rings (SSSR count). The highest BCUT2D eigenvalue weighted by atomic mass is 16.3. The molecule has 1 heterocycles. The average molecular weight is 252 g/mol. The molecule has 0 amide bonds. The number of fused-ring (bicyclic) bond motifs is 3. The minimum atomic E-state index is -0.340. The Hall–Kier alpha value is -1.80. The summed E-state index contributed by atoms with van der Waals surface area (Å²) in [5.41, 5.74) is 2.80. The van der Waals surface area contributed by atoms with Crippen LogP contribution in [0.3, 0.4) is 0 Å². The molecule has 0 bridgehead atoms. The van der Waals surface area contributed by atoms with E-state index < -0.39 is 0 Å². The van der Waals surface area contributed by atoms with Crippen LogP contribution in [0, 0.1) is 11.8 Å². The highest BCUT2D eigenvalue weighted by Crippen LogP contribution is 2.47. The van der Waals surface area contributed by atoms with Gasteiger partial charge in [-0.05, 0) is 42.0 Å². The SMILES string of the molecule is CC1CC1C(O)c1ccc2oc3ccccc3c2c1. The van der Waals surface area contributed by atoms with Crippen molar-refractivity contribution in [2.24, 2.45) is 11.8 Å². The van der Waals surface area contributed by atoms with Crippen molar-refractivity contribution in [3.8, 4) is 0 Å². The topological polar surface area (TPSA) is 33.4 Å². The van der Waals surface area contributed by atoms with Crippen LogP contribution in [0.1, 0.15) is 25.0 Å². The highest BCUT2D eigenvalue weighted by molar-refractivity contribution is 6.04. The number of benzene rings is 2. The van der Waals surface area contributed by atoms with Crippen molar-refractivity contribution in [2.45, 2.75) is 19.4 Å². The standard InChI is InChI=1S/C17H16O2/c1-10-8-13(10)17(18)11-6-7-16-14(9-11)12-4-2-3-5-15(12)19-16/h2-7,9-10,13,17-18H,8H2,1H3. The number of aliphatic hydroxyl groups is 1. The lowest BCUT2D eigenvalue weighted by Gasteiger charge is -2.09. The van der Waals surface area contributed by atoms with Crippen molar-refractivity contribution < 1.29 is 9.52 Å². The molecule has 0 aliphatic heterocycles. The van der Waals surface area contributed by atoms with Crippen LogP contribution in [0.25, 0.3) is 21.9 Å². The smallest absolute Gasteiger partial charge is 0.135 e. The number of rotatable bonds is 2. The van der Waals surface area contributed by atoms with Crippen molar-refractivity contribution in [2.75, 3.05) is 0 Å². The molecule has 1 N–H and O–H groups in total. The number of para-hydroxylation sites is 1. The van der Waals surface area contributed by atoms with Crippen LogP contribution < -0.4 is 0 Å². The van der Waals surface area contributed by atoms with Crippen LogP contribution >= 0.6 is 0 Å². The maximum Gasteiger partial charge on any atom is 0.135 e. The number of furan rings is 1. The number of hydrogen-bond donors (Lipinski definition) is 1. The van der Waals surface area contributed by atoms with Gasteiger partial charge in [-0.15, -0.1) is 0 Å². The molecule has 1 aromatic heterocycles. The van der Waals surface area contributed by atoms with Crippen molar-refractivity contribution in [1.29, 1.82) is 0 Å². The van der Waals surface area contributed by atoms with Gasteiger partial charge in [-0.3, -0.25) is 0 Å². The van der Waals surface area contributed by atoms with Crippen LogP contribution in [0.4, 0.5) is 0 Å². The van der Waals surface area contributed by atoms with Gasteiger partial charge in [0.25, 0.3) is 0 Å². The van der Waals surface area contributed by atoms with Gasteiger partial charge in [0.1, 0.15) is 11.2 Å². The summed E-state index contributed by atoms with van der Waals surface area (Å²) in [6.07, 6.45) is 0.791. The lowest BCUT2D eigenvalue weighted by Crippen LogP contribution is -2.00. The molecule has 0 saturated heterocycles. The van der Waals surface area contributed by atoms with Crippen molar-refractivity contribution in [3.63, 3.8) is 0 Å². The predicted octanol–water partition coefficient (Wildman–Crippen LogP) is 4.28. The molecule has 2 aromatic carbocycles. The largest absolute Gasteiger partial charge is 0.456 e. The Morgan fingerprint density at radius 1 is 1.11 bits per heavy atom. The molecular formula is C17H16O2. The summed E-state index contributed by atoms with van der Waals surface area (Å²) in [4.78, 5) is 0. The normalized spacial score (nSPS) is 23.9. The third-order valence-electron chi connectivity index (χ3n) is 4.32. The second kappa shape index (κ2) is 3.84. The Balaban J connectivity index is 1.87. The third kappa shape index (κ3) is 1.67. The van der Waals surface area contributed by atoms with E-state index in [1.54, 1.807) is 0 Å². The fourth-order valence-corrected chi connectivity index (χ4v) is 2.97. The third-order valence-corrected chi connectivity index (χ3v) is 4.32. The molecule has 1 aliphatic rings. The fourth-order valence-electron chi connectivity index (χ4n) is 2.97. The first kappa shape index (κ1) is 11.1. The number of aliphatic hydroxyl groups excluding tert-OH is 1. The van der Waals surface area contributed by atoms with E-state index in [1.807, 2.05) is 30.3 Å². The summed E-state index contributed by atoms with van der Waals surface area (Å²) in [5, 5.41) is 12.6. The lowest BCUT2D eigenvalue weighted by molar-refractivity contribution is 0.148. The van der Waals surface area contributed by atoms with Gasteiger partial charge in [0.2, 0.25) is 0 Å². The van der Waals surface area contributed by atoms with E-state index in [0.29, 0.717) is 11.8 Å². The molecule has 0 radical (unpaired) electrons. The molecule has 96 valence electrons. The second-order valence-corrected chi connectivity index (χ2v) is 5.68. The molecule has 0 spiro atoms. The molecule has 1 fully saturated rings. The minimum absolute atomic E-state index is 0.340. The van der Waals surface area contributed by atoms with Gasteiger partial charge in [-0.2, -0.15) is 0 Å². The van der Waals surface area contributed by atoms with Crippen molar-refractivity contribution in [3.05, 3.63) is 48.0 Å². The summed E-state index contributed by atoms with van der Waals surface area (Å²) in [7, 11) is 0. The van der Waals surface area contributed by atoms with Gasteiger partial charge in [0.15, 0.2) is 0 Å². The van der Waals surface area contributed by atoms with Crippen LogP contribution in [0.2, 0.25) is 0 Å². The van der Waals surface area contributed by atoms with Crippen LogP contribution in [-0.2, 0) is 0 Å². The van der Waals surface area contributed by atoms with E-state index in [4.69, 9.17) is 4.42 Å². The maximum absolute atomic E-state index is 10.4. The first-order chi connectivity index (χ1) is 9.24. The summed E-state index contributed by atoms with van der Waals surface area (Å²) in [6.45, 7) is 2.19. The monoisotopic (exact) mass is 252 g/mol. The van der Waals surface area contributed by atoms with E-state index in [2.05, 4.69) is 19.1 Å². The molecule has 2 nitrogen and oxygen atoms in total. The molecule has 1 aliphatic carbocycles. The zero-order valence-corrected chi connectivity index (χ0v) is 10.8. The summed E-state index contributed by atoms with van der Waals surface area (Å²) in [6, 6.07) is 14.1. The molecule has 3 unspecified atom stereocenters. The Labute approximate surface area is 111 Å². The van der Waals surface area contributed by atoms with E-state index in [9.17, 15) is 5.11 Å². The van der Waals surface area contributed by atoms with Crippen molar-refractivity contribution >= 4 is 21.9 Å². The van der Waals surface area contributed by atoms with E-state index >= 15 is 0 Å². The lowest BCUT2D eigenvalue weighted by atomic mass is 10.0. The summed E-state index contributed by atoms with van der Waals surface area (Å²) in [5.74, 6) is 1.07. The first-order valence-electron chi connectivity index (χ1n) is 6.83. The van der Waals surface area contributed by atoms with Gasteiger partial charge < -0.3 is 9.52 Å². The second-order valence-electron chi connectivity index (χ2n) is 5.68. The van der Waals surface area contributed by atoms with Gasteiger partial charge in [0, 0.05) is 10.8 Å². The van der Waals surface area contributed by atoms with Crippen LogP contribution in [-0.4, -0.2) is 5.11 Å². The Kier molecular flexibility index (Phi) is 2.24. The van der Waals surface area contributed by atoms with Crippen molar-refractivity contribution in [1.82, 2.24) is 0 Å². The Morgan fingerprint density at radius 3 is 2.63 bits per heavy atom. The molecule has 19 heavy (non-hydrogen) atoms. The number of hydrogen-bond acceptors (Lipinski definition) is 2. The first-order valence-corrected chi connectivity index (χ1v) is 6.83. The summed E-state index contributed by atoms with van der Waals surface area (Å²) >= 11 is 0.